The van der Waals surface area contributed by atoms with Gasteiger partial charge in [0.2, 0.25) is 0 Å². The molecule has 4 rings (SSSR count). The SMILES string of the molecule is O=C(Nc1ccc(Cl)c(Nc2ncc(-c3cccnc3)o2)c1)c1cccc(C(F)(F)F)c1. The number of nitrogens with one attached hydrogen (secondary N) is 2. The van der Waals surface area contributed by atoms with Crippen molar-refractivity contribution in [3.8, 4) is 11.3 Å². The minimum absolute atomic E-state index is 0.127. The lowest BCUT2D eigenvalue weighted by Crippen LogP contribution is -2.14. The van der Waals surface area contributed by atoms with Crippen molar-refractivity contribution in [3.05, 3.63) is 89.3 Å². The van der Waals surface area contributed by atoms with Crippen LogP contribution in [0.15, 0.2) is 77.6 Å². The summed E-state index contributed by atoms with van der Waals surface area (Å²) in [5, 5.41) is 5.79. The van der Waals surface area contributed by atoms with Gasteiger partial charge >= 0.3 is 6.18 Å². The Bertz CT molecular complexity index is 1260. The number of hydrogen-bond acceptors (Lipinski definition) is 5. The highest BCUT2D eigenvalue weighted by atomic mass is 35.5. The zero-order chi connectivity index (χ0) is 22.7. The van der Waals surface area contributed by atoms with Crippen LogP contribution >= 0.6 is 11.6 Å². The van der Waals surface area contributed by atoms with Crippen LogP contribution in [0.3, 0.4) is 0 Å². The molecule has 2 N–H and O–H groups in total. The second-order valence-corrected chi connectivity index (χ2v) is 7.03. The summed E-state index contributed by atoms with van der Waals surface area (Å²) in [6.45, 7) is 0. The molecule has 32 heavy (non-hydrogen) atoms. The Hall–Kier alpha value is -3.85. The molecule has 4 aromatic rings. The number of nitrogens with zero attached hydrogens (tertiary/aromatic N) is 2. The van der Waals surface area contributed by atoms with Crippen LogP contribution in [0.4, 0.5) is 30.6 Å². The summed E-state index contributed by atoms with van der Waals surface area (Å²) in [7, 11) is 0. The molecule has 0 saturated heterocycles. The van der Waals surface area contributed by atoms with Crippen LogP contribution in [0.25, 0.3) is 11.3 Å². The van der Waals surface area contributed by atoms with E-state index in [1.807, 2.05) is 6.07 Å². The van der Waals surface area contributed by atoms with Gasteiger partial charge in [0.25, 0.3) is 11.9 Å². The number of aromatic nitrogens is 2. The summed E-state index contributed by atoms with van der Waals surface area (Å²) in [5.41, 5.74) is 0.405. The van der Waals surface area contributed by atoms with E-state index >= 15 is 0 Å². The Kier molecular flexibility index (Phi) is 5.83. The summed E-state index contributed by atoms with van der Waals surface area (Å²) in [6.07, 6.45) is 0.240. The molecule has 10 heteroatoms. The van der Waals surface area contributed by atoms with Crippen LogP contribution in [-0.2, 0) is 6.18 Å². The van der Waals surface area contributed by atoms with Crippen molar-refractivity contribution in [1.29, 1.82) is 0 Å². The standard InChI is InChI=1S/C22H14ClF3N4O2/c23-17-7-6-16(29-20(31)13-3-1-5-15(9-13)22(24,25)26)10-18(17)30-21-28-12-19(32-21)14-4-2-8-27-11-14/h1-12H,(H,28,30)(H,29,31). The Morgan fingerprint density at radius 1 is 1.03 bits per heavy atom. The van der Waals surface area contributed by atoms with Gasteiger partial charge in [0, 0.05) is 29.2 Å². The molecule has 0 unspecified atom stereocenters. The molecule has 0 radical (unpaired) electrons. The number of amides is 1. The maximum atomic E-state index is 12.9. The van der Waals surface area contributed by atoms with Gasteiger partial charge in [-0.15, -0.1) is 0 Å². The van der Waals surface area contributed by atoms with Crippen molar-refractivity contribution in [2.45, 2.75) is 6.18 Å². The quantitative estimate of drug-likeness (QED) is 0.361. The minimum atomic E-state index is -4.54. The first kappa shape index (κ1) is 21.4. The fraction of sp³-hybridized carbons (Fsp3) is 0.0455. The molecule has 0 aliphatic carbocycles. The fourth-order valence-corrected chi connectivity index (χ4v) is 2.99. The van der Waals surface area contributed by atoms with E-state index in [1.54, 1.807) is 18.5 Å². The third-order valence-electron chi connectivity index (χ3n) is 4.37. The minimum Gasteiger partial charge on any atom is -0.423 e. The number of rotatable bonds is 5. The van der Waals surface area contributed by atoms with Gasteiger partial charge in [0.15, 0.2) is 5.76 Å². The van der Waals surface area contributed by atoms with Crippen molar-refractivity contribution >= 4 is 34.9 Å². The van der Waals surface area contributed by atoms with Gasteiger partial charge in [-0.2, -0.15) is 13.2 Å². The molecule has 2 aromatic carbocycles. The van der Waals surface area contributed by atoms with Gasteiger partial charge in [-0.3, -0.25) is 9.78 Å². The van der Waals surface area contributed by atoms with E-state index in [2.05, 4.69) is 20.6 Å². The average molecular weight is 459 g/mol. The first-order chi connectivity index (χ1) is 15.3. The molecule has 1 amide bonds. The molecule has 0 aliphatic rings. The molecule has 0 spiro atoms. The number of anilines is 3. The number of halogens is 4. The smallest absolute Gasteiger partial charge is 0.416 e. The number of benzene rings is 2. The van der Waals surface area contributed by atoms with Gasteiger partial charge < -0.3 is 15.1 Å². The van der Waals surface area contributed by atoms with Crippen molar-refractivity contribution in [1.82, 2.24) is 9.97 Å². The van der Waals surface area contributed by atoms with Crippen molar-refractivity contribution in [3.63, 3.8) is 0 Å². The van der Waals surface area contributed by atoms with E-state index < -0.39 is 17.6 Å². The Morgan fingerprint density at radius 3 is 2.62 bits per heavy atom. The molecule has 0 fully saturated rings. The van der Waals surface area contributed by atoms with Crippen LogP contribution in [0, 0.1) is 0 Å². The predicted octanol–water partition coefficient (Wildman–Crippen LogP) is 6.40. The number of oxazole rings is 1. The highest BCUT2D eigenvalue weighted by Gasteiger charge is 2.30. The molecule has 2 heterocycles. The molecule has 0 saturated carbocycles. The molecular weight excluding hydrogens is 445 g/mol. The molecule has 0 aliphatic heterocycles. The fourth-order valence-electron chi connectivity index (χ4n) is 2.83. The van der Waals surface area contributed by atoms with Crippen molar-refractivity contribution in [2.24, 2.45) is 0 Å². The maximum absolute atomic E-state index is 12.9. The number of hydrogen-bond donors (Lipinski definition) is 2. The van der Waals surface area contributed by atoms with E-state index in [1.165, 1.54) is 36.5 Å². The monoisotopic (exact) mass is 458 g/mol. The molecule has 2 aromatic heterocycles. The molecule has 0 bridgehead atoms. The largest absolute Gasteiger partial charge is 0.423 e. The number of alkyl halides is 3. The number of pyridine rings is 1. The van der Waals surface area contributed by atoms with E-state index in [4.69, 9.17) is 16.0 Å². The van der Waals surface area contributed by atoms with Gasteiger partial charge in [0.05, 0.1) is 22.5 Å². The van der Waals surface area contributed by atoms with Crippen LogP contribution in [0.5, 0.6) is 0 Å². The molecular formula is C22H14ClF3N4O2. The topological polar surface area (TPSA) is 80.0 Å². The van der Waals surface area contributed by atoms with Crippen LogP contribution < -0.4 is 10.6 Å². The molecule has 6 nitrogen and oxygen atoms in total. The summed E-state index contributed by atoms with van der Waals surface area (Å²) in [6, 6.07) is 12.5. The van der Waals surface area contributed by atoms with E-state index in [0.717, 1.165) is 17.7 Å². The number of carbonyl (C=O) groups is 1. The van der Waals surface area contributed by atoms with E-state index in [-0.39, 0.29) is 11.6 Å². The van der Waals surface area contributed by atoms with Crippen LogP contribution in [0.2, 0.25) is 5.02 Å². The van der Waals surface area contributed by atoms with Crippen LogP contribution in [-0.4, -0.2) is 15.9 Å². The molecule has 162 valence electrons. The maximum Gasteiger partial charge on any atom is 0.416 e. The summed E-state index contributed by atoms with van der Waals surface area (Å²) < 4.78 is 44.3. The third-order valence-corrected chi connectivity index (χ3v) is 4.70. The van der Waals surface area contributed by atoms with Gasteiger partial charge in [0.1, 0.15) is 0 Å². The zero-order valence-electron chi connectivity index (χ0n) is 16.2. The Morgan fingerprint density at radius 2 is 1.88 bits per heavy atom. The highest BCUT2D eigenvalue weighted by molar-refractivity contribution is 6.33. The lowest BCUT2D eigenvalue weighted by atomic mass is 10.1. The zero-order valence-corrected chi connectivity index (χ0v) is 16.9. The average Bonchev–Trinajstić information content (AvgIpc) is 3.25. The van der Waals surface area contributed by atoms with Gasteiger partial charge in [-0.25, -0.2) is 4.98 Å². The molecule has 0 atom stereocenters. The van der Waals surface area contributed by atoms with E-state index in [0.29, 0.717) is 22.2 Å². The lowest BCUT2D eigenvalue weighted by Gasteiger charge is -2.11. The van der Waals surface area contributed by atoms with Gasteiger partial charge in [-0.1, -0.05) is 17.7 Å². The Balaban J connectivity index is 1.51. The second kappa shape index (κ2) is 8.72. The highest BCUT2D eigenvalue weighted by Crippen LogP contribution is 2.31. The predicted molar refractivity (Wildman–Crippen MR) is 114 cm³/mol. The first-order valence-electron chi connectivity index (χ1n) is 9.21. The van der Waals surface area contributed by atoms with Crippen LogP contribution in [0.1, 0.15) is 15.9 Å². The summed E-state index contributed by atoms with van der Waals surface area (Å²) in [5.74, 6) is -0.204. The van der Waals surface area contributed by atoms with Gasteiger partial charge in [-0.05, 0) is 48.5 Å². The third kappa shape index (κ3) is 4.89. The normalized spacial score (nSPS) is 11.2. The van der Waals surface area contributed by atoms with Crippen molar-refractivity contribution in [2.75, 3.05) is 10.6 Å². The second-order valence-electron chi connectivity index (χ2n) is 6.62. The van der Waals surface area contributed by atoms with Crippen molar-refractivity contribution < 1.29 is 22.4 Å². The van der Waals surface area contributed by atoms with E-state index in [9.17, 15) is 18.0 Å². The lowest BCUT2D eigenvalue weighted by molar-refractivity contribution is -0.137. The number of carbonyl (C=O) groups excluding carboxylic acids is 1. The first-order valence-corrected chi connectivity index (χ1v) is 9.59. The Labute approximate surface area is 185 Å². The summed E-state index contributed by atoms with van der Waals surface area (Å²) in [4.78, 5) is 20.6. The summed E-state index contributed by atoms with van der Waals surface area (Å²) >= 11 is 6.21.